The van der Waals surface area contributed by atoms with Gasteiger partial charge in [0.25, 0.3) is 5.91 Å². The maximum atomic E-state index is 12.8. The van der Waals surface area contributed by atoms with Crippen LogP contribution < -0.4 is 10.1 Å². The van der Waals surface area contributed by atoms with Gasteiger partial charge in [-0.25, -0.2) is 8.42 Å². The van der Waals surface area contributed by atoms with Crippen LogP contribution in [0.3, 0.4) is 0 Å². The van der Waals surface area contributed by atoms with E-state index in [0.717, 1.165) is 25.7 Å². The number of carbonyl (C=O) groups excluding carboxylic acids is 1. The zero-order chi connectivity index (χ0) is 22.4. The van der Waals surface area contributed by atoms with Crippen LogP contribution in [-0.4, -0.2) is 38.3 Å². The summed E-state index contributed by atoms with van der Waals surface area (Å²) in [6.07, 6.45) is 3.78. The molecule has 3 rings (SSSR count). The van der Waals surface area contributed by atoms with E-state index in [1.807, 2.05) is 0 Å². The van der Waals surface area contributed by atoms with E-state index in [4.69, 9.17) is 4.74 Å². The van der Waals surface area contributed by atoms with Gasteiger partial charge in [-0.2, -0.15) is 4.31 Å². The summed E-state index contributed by atoms with van der Waals surface area (Å²) >= 11 is 3.45. The van der Waals surface area contributed by atoms with Crippen molar-refractivity contribution in [1.82, 2.24) is 4.31 Å². The number of halogens is 1. The van der Waals surface area contributed by atoms with Gasteiger partial charge in [0.2, 0.25) is 10.0 Å². The highest BCUT2D eigenvalue weighted by Crippen LogP contribution is 2.27. The molecule has 1 heterocycles. The molecule has 1 fully saturated rings. The van der Waals surface area contributed by atoms with Gasteiger partial charge in [-0.05, 0) is 83.6 Å². The third-order valence-electron chi connectivity index (χ3n) is 5.44. The molecule has 1 aliphatic heterocycles. The average Bonchev–Trinajstić information content (AvgIpc) is 2.75. The van der Waals surface area contributed by atoms with E-state index in [9.17, 15) is 13.2 Å². The Hall–Kier alpha value is -1.90. The molecule has 2 aromatic carbocycles. The van der Waals surface area contributed by atoms with Crippen molar-refractivity contribution in [3.63, 3.8) is 0 Å². The highest BCUT2D eigenvalue weighted by Gasteiger charge is 2.27. The fraction of sp³-hybridized carbons (Fsp3) is 0.435. The number of nitrogens with one attached hydrogen (secondary N) is 1. The molecule has 0 spiro atoms. The largest absolute Gasteiger partial charge is 0.492 e. The van der Waals surface area contributed by atoms with Crippen LogP contribution in [-0.2, 0) is 10.0 Å². The molecule has 0 atom stereocenters. The Morgan fingerprint density at radius 2 is 1.84 bits per heavy atom. The normalized spacial score (nSPS) is 15.6. The molecular weight excluding hydrogens is 480 g/mol. The van der Waals surface area contributed by atoms with Gasteiger partial charge in [0, 0.05) is 24.3 Å². The Morgan fingerprint density at radius 1 is 1.16 bits per heavy atom. The summed E-state index contributed by atoms with van der Waals surface area (Å²) in [5.41, 5.74) is 1.02. The number of amides is 1. The molecule has 8 heteroatoms. The smallest absolute Gasteiger partial charge is 0.255 e. The number of benzene rings is 2. The lowest BCUT2D eigenvalue weighted by Gasteiger charge is -2.29. The van der Waals surface area contributed by atoms with E-state index in [1.165, 1.54) is 0 Å². The molecule has 1 N–H and O–H groups in total. The summed E-state index contributed by atoms with van der Waals surface area (Å²) in [7, 11) is -3.50. The number of hydrogen-bond acceptors (Lipinski definition) is 4. The molecule has 0 saturated carbocycles. The number of nitrogens with zero attached hydrogens (tertiary/aromatic N) is 1. The van der Waals surface area contributed by atoms with Crippen LogP contribution in [0.1, 0.15) is 49.9 Å². The minimum absolute atomic E-state index is 0.247. The Balaban J connectivity index is 1.64. The molecule has 1 aliphatic rings. The lowest BCUT2D eigenvalue weighted by atomic mass is 10.0. The van der Waals surface area contributed by atoms with Gasteiger partial charge in [-0.15, -0.1) is 0 Å². The molecule has 1 amide bonds. The van der Waals surface area contributed by atoms with Crippen molar-refractivity contribution in [3.8, 4) is 5.75 Å². The van der Waals surface area contributed by atoms with Crippen LogP contribution in [0.25, 0.3) is 0 Å². The minimum atomic E-state index is -3.50. The number of piperidine rings is 1. The fourth-order valence-electron chi connectivity index (χ4n) is 3.37. The summed E-state index contributed by atoms with van der Waals surface area (Å²) in [4.78, 5) is 12.8. The van der Waals surface area contributed by atoms with Crippen molar-refractivity contribution >= 4 is 37.5 Å². The van der Waals surface area contributed by atoms with Crippen LogP contribution in [0.15, 0.2) is 51.8 Å². The maximum Gasteiger partial charge on any atom is 0.255 e. The van der Waals surface area contributed by atoms with E-state index in [-0.39, 0.29) is 10.8 Å². The van der Waals surface area contributed by atoms with E-state index < -0.39 is 10.0 Å². The van der Waals surface area contributed by atoms with Crippen molar-refractivity contribution in [2.45, 2.75) is 44.4 Å². The number of rotatable bonds is 8. The molecule has 0 aliphatic carbocycles. The third kappa shape index (κ3) is 6.08. The van der Waals surface area contributed by atoms with E-state index in [0.29, 0.717) is 47.1 Å². The molecular formula is C23H29BrN2O4S. The van der Waals surface area contributed by atoms with Gasteiger partial charge in [0.1, 0.15) is 5.75 Å². The van der Waals surface area contributed by atoms with Crippen molar-refractivity contribution < 1.29 is 17.9 Å². The minimum Gasteiger partial charge on any atom is -0.492 e. The number of sulfonamides is 1. The first-order chi connectivity index (χ1) is 14.8. The summed E-state index contributed by atoms with van der Waals surface area (Å²) in [5, 5.41) is 2.81. The molecule has 2 aromatic rings. The first kappa shape index (κ1) is 23.8. The zero-order valence-electron chi connectivity index (χ0n) is 17.9. The first-order valence-electron chi connectivity index (χ1n) is 10.6. The maximum absolute atomic E-state index is 12.8. The van der Waals surface area contributed by atoms with Crippen LogP contribution in [0.5, 0.6) is 5.75 Å². The molecule has 168 valence electrons. The van der Waals surface area contributed by atoms with Crippen LogP contribution in [0.2, 0.25) is 0 Å². The molecule has 0 radical (unpaired) electrons. The van der Waals surface area contributed by atoms with Crippen molar-refractivity contribution in [1.29, 1.82) is 0 Å². The number of hydrogen-bond donors (Lipinski definition) is 1. The van der Waals surface area contributed by atoms with Crippen molar-refractivity contribution in [2.75, 3.05) is 25.0 Å². The van der Waals surface area contributed by atoms with Crippen LogP contribution in [0, 0.1) is 5.92 Å². The van der Waals surface area contributed by atoms with E-state index >= 15 is 0 Å². The highest BCUT2D eigenvalue weighted by molar-refractivity contribution is 9.10. The van der Waals surface area contributed by atoms with Gasteiger partial charge in [-0.3, -0.25) is 4.79 Å². The van der Waals surface area contributed by atoms with Gasteiger partial charge in [0.15, 0.2) is 0 Å². The lowest BCUT2D eigenvalue weighted by Crippen LogP contribution is -2.37. The standard InChI is InChI=1S/C23H29BrN2O4S/c1-3-4-15-30-22-10-5-18(16-21(22)24)23(27)25-19-6-8-20(9-7-19)31(28,29)26-13-11-17(2)12-14-26/h5-10,16-17H,3-4,11-15H2,1-2H3,(H,25,27). The number of ether oxygens (including phenoxy) is 1. The number of carbonyl (C=O) groups is 1. The zero-order valence-corrected chi connectivity index (χ0v) is 20.3. The third-order valence-corrected chi connectivity index (χ3v) is 7.97. The van der Waals surface area contributed by atoms with Gasteiger partial charge < -0.3 is 10.1 Å². The van der Waals surface area contributed by atoms with Gasteiger partial charge in [0.05, 0.1) is 16.0 Å². The fourth-order valence-corrected chi connectivity index (χ4v) is 5.34. The van der Waals surface area contributed by atoms with Gasteiger partial charge in [-0.1, -0.05) is 20.3 Å². The summed E-state index contributed by atoms with van der Waals surface area (Å²) in [6, 6.07) is 11.5. The second kappa shape index (κ2) is 10.6. The van der Waals surface area contributed by atoms with Crippen molar-refractivity contribution in [2.24, 2.45) is 5.92 Å². The second-order valence-electron chi connectivity index (χ2n) is 7.91. The Bertz CT molecular complexity index is 1000. The molecule has 0 unspecified atom stereocenters. The quantitative estimate of drug-likeness (QED) is 0.490. The Labute approximate surface area is 193 Å². The molecule has 6 nitrogen and oxygen atoms in total. The topological polar surface area (TPSA) is 75.7 Å². The second-order valence-corrected chi connectivity index (χ2v) is 10.7. The molecule has 0 bridgehead atoms. The van der Waals surface area contributed by atoms with Gasteiger partial charge >= 0.3 is 0 Å². The lowest BCUT2D eigenvalue weighted by molar-refractivity contribution is 0.102. The highest BCUT2D eigenvalue weighted by atomic mass is 79.9. The van der Waals surface area contributed by atoms with E-state index in [2.05, 4.69) is 35.1 Å². The van der Waals surface area contributed by atoms with E-state index in [1.54, 1.807) is 46.8 Å². The summed E-state index contributed by atoms with van der Waals surface area (Å²) in [5.74, 6) is 0.981. The Kier molecular flexibility index (Phi) is 8.13. The summed E-state index contributed by atoms with van der Waals surface area (Å²) in [6.45, 7) is 5.98. The molecule has 0 aromatic heterocycles. The predicted octanol–water partition coefficient (Wildman–Crippen LogP) is 5.30. The molecule has 31 heavy (non-hydrogen) atoms. The predicted molar refractivity (Wildman–Crippen MR) is 126 cm³/mol. The number of unbranched alkanes of at least 4 members (excludes halogenated alkanes) is 1. The Morgan fingerprint density at radius 3 is 2.45 bits per heavy atom. The first-order valence-corrected chi connectivity index (χ1v) is 12.9. The number of anilines is 1. The van der Waals surface area contributed by atoms with Crippen molar-refractivity contribution in [3.05, 3.63) is 52.5 Å². The summed E-state index contributed by atoms with van der Waals surface area (Å²) < 4.78 is 33.6. The van der Waals surface area contributed by atoms with Crippen LogP contribution in [0.4, 0.5) is 5.69 Å². The SMILES string of the molecule is CCCCOc1ccc(C(=O)Nc2ccc(S(=O)(=O)N3CCC(C)CC3)cc2)cc1Br. The average molecular weight is 509 g/mol. The monoisotopic (exact) mass is 508 g/mol. The van der Waals surface area contributed by atoms with Crippen LogP contribution >= 0.6 is 15.9 Å². The molecule has 1 saturated heterocycles.